The highest BCUT2D eigenvalue weighted by molar-refractivity contribution is 5.93. The fourth-order valence-corrected chi connectivity index (χ4v) is 1.52. The molecule has 4 nitrogen and oxygen atoms in total. The maximum atomic E-state index is 12.9. The van der Waals surface area contributed by atoms with Gasteiger partial charge in [-0.15, -0.1) is 0 Å². The fourth-order valence-electron chi connectivity index (χ4n) is 1.52. The number of benzene rings is 1. The van der Waals surface area contributed by atoms with Crippen LogP contribution in [-0.4, -0.2) is 23.8 Å². The summed E-state index contributed by atoms with van der Waals surface area (Å²) in [5.74, 6) is -0.351. The van der Waals surface area contributed by atoms with E-state index >= 15 is 0 Å². The number of halogens is 1. The van der Waals surface area contributed by atoms with Crippen LogP contribution in [0.2, 0.25) is 0 Å². The number of carbonyl (C=O) groups excluding carboxylic acids is 2. The lowest BCUT2D eigenvalue weighted by molar-refractivity contribution is -0.108. The molecule has 1 aliphatic rings. The Hall–Kier alpha value is -1.91. The molecule has 1 N–H and O–H groups in total. The molecule has 1 heterocycles. The standard InChI is InChI=1S/C10H9FN2O2/c11-8-1-2-9-7(5-8)6-13(3-4-14)10(15)12-9/h1-2,4-5H,3,6H2,(H,12,15). The van der Waals surface area contributed by atoms with Gasteiger partial charge in [0.2, 0.25) is 0 Å². The van der Waals surface area contributed by atoms with E-state index in [1.165, 1.54) is 23.1 Å². The molecule has 1 aromatic carbocycles. The van der Waals surface area contributed by atoms with Crippen molar-refractivity contribution < 1.29 is 14.0 Å². The van der Waals surface area contributed by atoms with E-state index in [1.54, 1.807) is 0 Å². The minimum absolute atomic E-state index is 0.0157. The number of hydrogen-bond donors (Lipinski definition) is 1. The number of rotatable bonds is 2. The van der Waals surface area contributed by atoms with Crippen molar-refractivity contribution in [3.05, 3.63) is 29.6 Å². The van der Waals surface area contributed by atoms with E-state index in [0.717, 1.165) is 0 Å². The zero-order valence-electron chi connectivity index (χ0n) is 7.87. The first-order chi connectivity index (χ1) is 7.20. The molecule has 0 bridgehead atoms. The van der Waals surface area contributed by atoms with Crippen LogP contribution in [0.3, 0.4) is 0 Å². The van der Waals surface area contributed by atoms with Gasteiger partial charge in [0.05, 0.1) is 13.1 Å². The van der Waals surface area contributed by atoms with Gasteiger partial charge in [0, 0.05) is 5.69 Å². The minimum Gasteiger partial charge on any atom is -0.313 e. The predicted octanol–water partition coefficient (Wildman–Crippen LogP) is 1.37. The van der Waals surface area contributed by atoms with Crippen LogP contribution in [0, 0.1) is 5.82 Å². The number of urea groups is 1. The summed E-state index contributed by atoms with van der Waals surface area (Å²) in [4.78, 5) is 23.0. The Labute approximate surface area is 85.7 Å². The monoisotopic (exact) mass is 208 g/mol. The minimum atomic E-state index is -0.351. The summed E-state index contributed by atoms with van der Waals surface area (Å²) >= 11 is 0. The highest BCUT2D eigenvalue weighted by atomic mass is 19.1. The maximum Gasteiger partial charge on any atom is 0.322 e. The van der Waals surface area contributed by atoms with E-state index in [9.17, 15) is 14.0 Å². The molecule has 1 aromatic rings. The Morgan fingerprint density at radius 3 is 3.07 bits per heavy atom. The fraction of sp³-hybridized carbons (Fsp3) is 0.200. The molecule has 5 heteroatoms. The van der Waals surface area contributed by atoms with E-state index in [4.69, 9.17) is 0 Å². The lowest BCUT2D eigenvalue weighted by Gasteiger charge is -2.27. The van der Waals surface area contributed by atoms with Crippen molar-refractivity contribution in [3.8, 4) is 0 Å². The van der Waals surface area contributed by atoms with Crippen molar-refractivity contribution in [3.63, 3.8) is 0 Å². The van der Waals surface area contributed by atoms with Crippen LogP contribution >= 0.6 is 0 Å². The molecule has 0 spiro atoms. The number of amides is 2. The number of fused-ring (bicyclic) bond motifs is 1. The van der Waals surface area contributed by atoms with Gasteiger partial charge in [-0.05, 0) is 23.8 Å². The van der Waals surface area contributed by atoms with Crippen molar-refractivity contribution in [1.29, 1.82) is 0 Å². The van der Waals surface area contributed by atoms with E-state index < -0.39 is 0 Å². The van der Waals surface area contributed by atoms with Gasteiger partial charge in [0.15, 0.2) is 0 Å². The van der Waals surface area contributed by atoms with Gasteiger partial charge in [0.1, 0.15) is 12.1 Å². The molecule has 0 fully saturated rings. The van der Waals surface area contributed by atoms with Gasteiger partial charge in [0.25, 0.3) is 0 Å². The number of nitrogens with one attached hydrogen (secondary N) is 1. The number of aldehydes is 1. The van der Waals surface area contributed by atoms with Crippen LogP contribution < -0.4 is 5.32 Å². The summed E-state index contributed by atoms with van der Waals surface area (Å²) in [5, 5.41) is 2.58. The molecular weight excluding hydrogens is 199 g/mol. The normalized spacial score (nSPS) is 14.5. The molecule has 0 aliphatic carbocycles. The third-order valence-corrected chi connectivity index (χ3v) is 2.25. The van der Waals surface area contributed by atoms with Crippen molar-refractivity contribution in [2.45, 2.75) is 6.54 Å². The van der Waals surface area contributed by atoms with Crippen LogP contribution in [0.1, 0.15) is 5.56 Å². The lowest BCUT2D eigenvalue weighted by atomic mass is 10.1. The van der Waals surface area contributed by atoms with Crippen molar-refractivity contribution in [2.24, 2.45) is 0 Å². The number of hydrogen-bond acceptors (Lipinski definition) is 2. The summed E-state index contributed by atoms with van der Waals surface area (Å²) in [5.41, 5.74) is 1.28. The largest absolute Gasteiger partial charge is 0.322 e. The van der Waals surface area contributed by atoms with E-state index in [2.05, 4.69) is 5.32 Å². The Balaban J connectivity index is 2.30. The molecule has 0 aromatic heterocycles. The second-order valence-corrected chi connectivity index (χ2v) is 3.28. The van der Waals surface area contributed by atoms with Crippen molar-refractivity contribution >= 4 is 18.0 Å². The summed E-state index contributed by atoms with van der Waals surface area (Å²) in [6.07, 6.45) is 0.643. The second kappa shape index (κ2) is 3.68. The summed E-state index contributed by atoms with van der Waals surface area (Å²) in [7, 11) is 0. The van der Waals surface area contributed by atoms with Crippen LogP contribution in [0.4, 0.5) is 14.9 Å². The average Bonchev–Trinajstić information content (AvgIpc) is 2.20. The lowest BCUT2D eigenvalue weighted by Crippen LogP contribution is -2.39. The number of carbonyl (C=O) groups is 2. The van der Waals surface area contributed by atoms with Gasteiger partial charge in [-0.3, -0.25) is 0 Å². The first-order valence-electron chi connectivity index (χ1n) is 4.48. The highest BCUT2D eigenvalue weighted by Crippen LogP contribution is 2.23. The van der Waals surface area contributed by atoms with Crippen molar-refractivity contribution in [1.82, 2.24) is 4.90 Å². The van der Waals surface area contributed by atoms with Crippen LogP contribution in [0.5, 0.6) is 0 Å². The molecule has 0 atom stereocenters. The third-order valence-electron chi connectivity index (χ3n) is 2.25. The van der Waals surface area contributed by atoms with Crippen molar-refractivity contribution in [2.75, 3.05) is 11.9 Å². The first-order valence-corrected chi connectivity index (χ1v) is 4.48. The quantitative estimate of drug-likeness (QED) is 0.746. The van der Waals surface area contributed by atoms with E-state index in [1.807, 2.05) is 0 Å². The zero-order valence-corrected chi connectivity index (χ0v) is 7.87. The smallest absolute Gasteiger partial charge is 0.313 e. The molecule has 1 aliphatic heterocycles. The Morgan fingerprint density at radius 1 is 1.53 bits per heavy atom. The van der Waals surface area contributed by atoms with Crippen LogP contribution in [-0.2, 0) is 11.3 Å². The molecule has 15 heavy (non-hydrogen) atoms. The van der Waals surface area contributed by atoms with E-state index in [-0.39, 0.29) is 24.9 Å². The summed E-state index contributed by atoms with van der Waals surface area (Å²) in [6, 6.07) is 3.82. The van der Waals surface area contributed by atoms with Gasteiger partial charge < -0.3 is 15.0 Å². The summed E-state index contributed by atoms with van der Waals surface area (Å²) < 4.78 is 12.9. The Kier molecular flexibility index (Phi) is 2.37. The highest BCUT2D eigenvalue weighted by Gasteiger charge is 2.21. The molecule has 0 saturated heterocycles. The Bertz CT molecular complexity index is 420. The van der Waals surface area contributed by atoms with Gasteiger partial charge in [-0.25, -0.2) is 9.18 Å². The summed E-state index contributed by atoms with van der Waals surface area (Å²) in [6.45, 7) is 0.277. The molecule has 0 saturated carbocycles. The zero-order chi connectivity index (χ0) is 10.8. The molecule has 2 rings (SSSR count). The SMILES string of the molecule is O=CCN1Cc2cc(F)ccc2NC1=O. The van der Waals surface area contributed by atoms with E-state index in [0.29, 0.717) is 17.5 Å². The van der Waals surface area contributed by atoms with Gasteiger partial charge >= 0.3 is 6.03 Å². The van der Waals surface area contributed by atoms with Crippen LogP contribution in [0.25, 0.3) is 0 Å². The molecule has 2 amide bonds. The average molecular weight is 208 g/mol. The number of nitrogens with zero attached hydrogens (tertiary/aromatic N) is 1. The second-order valence-electron chi connectivity index (χ2n) is 3.28. The first kappa shape index (κ1) is 9.64. The molecule has 78 valence electrons. The van der Waals surface area contributed by atoms with Crippen LogP contribution in [0.15, 0.2) is 18.2 Å². The molecular formula is C10H9FN2O2. The topological polar surface area (TPSA) is 49.4 Å². The molecule has 0 radical (unpaired) electrons. The van der Waals surface area contributed by atoms with Gasteiger partial charge in [-0.1, -0.05) is 0 Å². The number of anilines is 1. The van der Waals surface area contributed by atoms with Gasteiger partial charge in [-0.2, -0.15) is 0 Å². The predicted molar refractivity (Wildman–Crippen MR) is 51.9 cm³/mol. The molecule has 0 unspecified atom stereocenters. The Morgan fingerprint density at radius 2 is 2.33 bits per heavy atom. The maximum absolute atomic E-state index is 12.9. The third kappa shape index (κ3) is 1.81.